The Kier molecular flexibility index (Phi) is 16.3. The molecule has 1 fully saturated rings. The Morgan fingerprint density at radius 3 is 1.41 bits per heavy atom. The quantitative estimate of drug-likeness (QED) is 0.140. The molecule has 0 spiro atoms. The average molecular weight is 569 g/mol. The number of aliphatic hydroxyl groups is 2. The maximum atomic E-state index is 10.6. The van der Waals surface area contributed by atoms with Crippen LogP contribution in [0.5, 0.6) is 11.5 Å². The highest BCUT2D eigenvalue weighted by atomic mass is 16.5. The molecule has 0 amide bonds. The molecule has 2 aromatic carbocycles. The maximum absolute atomic E-state index is 10.6. The molecule has 2 N–H and O–H groups in total. The summed E-state index contributed by atoms with van der Waals surface area (Å²) >= 11 is 0. The van der Waals surface area contributed by atoms with Gasteiger partial charge in [0.05, 0.1) is 37.6 Å². The lowest BCUT2D eigenvalue weighted by Gasteiger charge is -2.22. The minimum Gasteiger partial charge on any atom is -0.494 e. The molecule has 4 atom stereocenters. The Hall–Kier alpha value is -2.08. The van der Waals surface area contributed by atoms with Crippen molar-refractivity contribution in [2.75, 3.05) is 13.2 Å². The molecule has 1 aliphatic heterocycles. The molecule has 5 heteroatoms. The summed E-state index contributed by atoms with van der Waals surface area (Å²) in [6, 6.07) is 16.9. The van der Waals surface area contributed by atoms with Crippen LogP contribution in [0.25, 0.3) is 0 Å². The first kappa shape index (κ1) is 33.4. The first-order valence-electron chi connectivity index (χ1n) is 16.5. The second kappa shape index (κ2) is 19.9. The van der Waals surface area contributed by atoms with Gasteiger partial charge >= 0.3 is 0 Å². The van der Waals surface area contributed by atoms with E-state index in [0.29, 0.717) is 13.2 Å². The van der Waals surface area contributed by atoms with Crippen LogP contribution in [0, 0.1) is 0 Å². The van der Waals surface area contributed by atoms with Crippen LogP contribution in [0.2, 0.25) is 0 Å². The van der Waals surface area contributed by atoms with Gasteiger partial charge in [0.1, 0.15) is 11.5 Å². The normalized spacial score (nSPS) is 18.3. The van der Waals surface area contributed by atoms with Gasteiger partial charge in [-0.15, -0.1) is 0 Å². The van der Waals surface area contributed by atoms with Gasteiger partial charge in [0.15, 0.2) is 0 Å². The summed E-state index contributed by atoms with van der Waals surface area (Å²) in [7, 11) is 0. The van der Waals surface area contributed by atoms with Crippen LogP contribution < -0.4 is 9.47 Å². The Labute approximate surface area is 249 Å². The van der Waals surface area contributed by atoms with Crippen molar-refractivity contribution in [1.29, 1.82) is 0 Å². The molecule has 1 heterocycles. The molecule has 230 valence electrons. The predicted octanol–water partition coefficient (Wildman–Crippen LogP) is 8.22. The van der Waals surface area contributed by atoms with E-state index in [1.54, 1.807) is 0 Å². The van der Waals surface area contributed by atoms with Gasteiger partial charge in [-0.05, 0) is 112 Å². The van der Waals surface area contributed by atoms with E-state index in [4.69, 9.17) is 14.2 Å². The van der Waals surface area contributed by atoms with Crippen molar-refractivity contribution in [1.82, 2.24) is 0 Å². The molecule has 41 heavy (non-hydrogen) atoms. The highest BCUT2D eigenvalue weighted by molar-refractivity contribution is 5.28. The first-order chi connectivity index (χ1) is 20.1. The summed E-state index contributed by atoms with van der Waals surface area (Å²) in [6.07, 6.45) is 15.0. The van der Waals surface area contributed by atoms with Gasteiger partial charge in [-0.3, -0.25) is 0 Å². The molecular weight excluding hydrogens is 512 g/mol. The molecular formula is C36H56O5. The van der Waals surface area contributed by atoms with Crippen LogP contribution in [0.15, 0.2) is 48.5 Å². The van der Waals surface area contributed by atoms with Crippen LogP contribution in [0.4, 0.5) is 0 Å². The van der Waals surface area contributed by atoms with Crippen molar-refractivity contribution in [2.45, 2.75) is 141 Å². The van der Waals surface area contributed by atoms with Crippen molar-refractivity contribution in [2.24, 2.45) is 0 Å². The van der Waals surface area contributed by atoms with Crippen LogP contribution >= 0.6 is 0 Å². The molecule has 0 aliphatic carbocycles. The van der Waals surface area contributed by atoms with Crippen molar-refractivity contribution in [3.05, 3.63) is 59.7 Å². The van der Waals surface area contributed by atoms with E-state index in [1.807, 2.05) is 0 Å². The summed E-state index contributed by atoms with van der Waals surface area (Å²) in [5.74, 6) is 1.87. The number of unbranched alkanes of at least 4 members (excludes halogenated alkanes) is 6. The molecule has 5 nitrogen and oxygen atoms in total. The fourth-order valence-electron chi connectivity index (χ4n) is 5.54. The molecule has 0 unspecified atom stereocenters. The van der Waals surface area contributed by atoms with Gasteiger partial charge < -0.3 is 24.4 Å². The van der Waals surface area contributed by atoms with Crippen molar-refractivity contribution in [3.8, 4) is 11.5 Å². The third-order valence-corrected chi connectivity index (χ3v) is 8.25. The zero-order valence-electron chi connectivity index (χ0n) is 25.8. The van der Waals surface area contributed by atoms with Crippen molar-refractivity contribution < 1.29 is 24.4 Å². The summed E-state index contributed by atoms with van der Waals surface area (Å²) in [4.78, 5) is 0. The van der Waals surface area contributed by atoms with Crippen LogP contribution in [0.3, 0.4) is 0 Å². The third-order valence-electron chi connectivity index (χ3n) is 8.25. The fourth-order valence-corrected chi connectivity index (χ4v) is 5.54. The Morgan fingerprint density at radius 1 is 0.610 bits per heavy atom. The second-order valence-corrected chi connectivity index (χ2v) is 11.8. The lowest BCUT2D eigenvalue weighted by Crippen LogP contribution is -2.31. The molecule has 1 aliphatic rings. The Bertz CT molecular complexity index is 837. The van der Waals surface area contributed by atoms with E-state index in [2.05, 4.69) is 62.4 Å². The van der Waals surface area contributed by atoms with Gasteiger partial charge in [-0.25, -0.2) is 0 Å². The number of hydrogen-bond donors (Lipinski definition) is 2. The zero-order valence-corrected chi connectivity index (χ0v) is 25.8. The highest BCUT2D eigenvalue weighted by Gasteiger charge is 2.33. The van der Waals surface area contributed by atoms with Gasteiger partial charge in [-0.1, -0.05) is 63.8 Å². The van der Waals surface area contributed by atoms with E-state index < -0.39 is 12.2 Å². The Morgan fingerprint density at radius 2 is 1.02 bits per heavy atom. The van der Waals surface area contributed by atoms with E-state index in [-0.39, 0.29) is 12.2 Å². The zero-order chi connectivity index (χ0) is 29.1. The second-order valence-electron chi connectivity index (χ2n) is 11.8. The lowest BCUT2D eigenvalue weighted by atomic mass is 10.0. The van der Waals surface area contributed by atoms with Gasteiger partial charge in [0.2, 0.25) is 0 Å². The monoisotopic (exact) mass is 568 g/mol. The first-order valence-corrected chi connectivity index (χ1v) is 16.5. The SMILES string of the molecule is CCCCc1ccc(OCCCCC[C@@H](O)[C@H]2CC[C@@H]([C@@H](O)CCCCCOc3ccc(CCCC)cc3)O2)cc1. The minimum atomic E-state index is -0.457. The molecule has 0 saturated carbocycles. The van der Waals surface area contributed by atoms with Crippen molar-refractivity contribution in [3.63, 3.8) is 0 Å². The number of rotatable bonds is 22. The number of aryl methyl sites for hydroxylation is 2. The van der Waals surface area contributed by atoms with Crippen LogP contribution in [-0.4, -0.2) is 47.8 Å². The van der Waals surface area contributed by atoms with Gasteiger partial charge in [0.25, 0.3) is 0 Å². The lowest BCUT2D eigenvalue weighted by molar-refractivity contribution is -0.0786. The summed E-state index contributed by atoms with van der Waals surface area (Å²) in [5, 5.41) is 21.3. The molecule has 0 bridgehead atoms. The predicted molar refractivity (Wildman–Crippen MR) is 168 cm³/mol. The van der Waals surface area contributed by atoms with Crippen LogP contribution in [-0.2, 0) is 17.6 Å². The minimum absolute atomic E-state index is 0.154. The van der Waals surface area contributed by atoms with E-state index in [0.717, 1.165) is 88.5 Å². The number of benzene rings is 2. The highest BCUT2D eigenvalue weighted by Crippen LogP contribution is 2.28. The van der Waals surface area contributed by atoms with Gasteiger partial charge in [0, 0.05) is 0 Å². The summed E-state index contributed by atoms with van der Waals surface area (Å²) in [6.45, 7) is 5.84. The number of hydrogen-bond acceptors (Lipinski definition) is 5. The smallest absolute Gasteiger partial charge is 0.119 e. The average Bonchev–Trinajstić information content (AvgIpc) is 3.50. The Balaban J connectivity index is 1.17. The molecule has 3 rings (SSSR count). The van der Waals surface area contributed by atoms with Gasteiger partial charge in [-0.2, -0.15) is 0 Å². The third kappa shape index (κ3) is 13.2. The fraction of sp³-hybridized carbons (Fsp3) is 0.667. The molecule has 0 aromatic heterocycles. The summed E-state index contributed by atoms with van der Waals surface area (Å²) < 4.78 is 17.8. The largest absolute Gasteiger partial charge is 0.494 e. The van der Waals surface area contributed by atoms with Crippen LogP contribution in [0.1, 0.15) is 115 Å². The molecule has 1 saturated heterocycles. The standard InChI is InChI=1S/C36H56O5/c1-3-5-13-29-17-21-31(22-18-29)39-27-11-7-9-15-33(37)35-25-26-36(41-35)34(38)16-10-8-12-28-40-32-23-19-30(20-24-32)14-6-4-2/h17-24,33-38H,3-16,25-28H2,1-2H3/t33-,34+,35-,36+. The van der Waals surface area contributed by atoms with E-state index in [9.17, 15) is 10.2 Å². The van der Waals surface area contributed by atoms with E-state index in [1.165, 1.54) is 36.8 Å². The summed E-state index contributed by atoms with van der Waals surface area (Å²) in [5.41, 5.74) is 2.75. The maximum Gasteiger partial charge on any atom is 0.119 e. The number of ether oxygens (including phenoxy) is 3. The van der Waals surface area contributed by atoms with E-state index >= 15 is 0 Å². The number of aliphatic hydroxyl groups excluding tert-OH is 2. The molecule has 0 radical (unpaired) electrons. The van der Waals surface area contributed by atoms with Crippen molar-refractivity contribution >= 4 is 0 Å². The molecule has 2 aromatic rings. The topological polar surface area (TPSA) is 68.2 Å².